The number of amides is 1. The molecule has 0 saturated heterocycles. The zero-order valence-electron chi connectivity index (χ0n) is 10.4. The van der Waals surface area contributed by atoms with E-state index < -0.39 is 18.1 Å². The van der Waals surface area contributed by atoms with Crippen molar-refractivity contribution < 1.29 is 24.2 Å². The van der Waals surface area contributed by atoms with Crippen molar-refractivity contribution in [3.05, 3.63) is 0 Å². The van der Waals surface area contributed by atoms with Gasteiger partial charge in [-0.1, -0.05) is 0 Å². The summed E-state index contributed by atoms with van der Waals surface area (Å²) < 4.78 is 9.28. The van der Waals surface area contributed by atoms with Gasteiger partial charge in [-0.25, -0.2) is 4.79 Å². The Kier molecular flexibility index (Phi) is 8.29. The second kappa shape index (κ2) is 8.91. The number of ether oxygens (including phenoxy) is 2. The largest absolute Gasteiger partial charge is 0.467 e. The van der Waals surface area contributed by atoms with Crippen LogP contribution in [0.15, 0.2) is 0 Å². The summed E-state index contributed by atoms with van der Waals surface area (Å²) in [5, 5.41) is 14.6. The van der Waals surface area contributed by atoms with Crippen LogP contribution in [0.4, 0.5) is 0 Å². The van der Waals surface area contributed by atoms with Crippen LogP contribution in [-0.2, 0) is 19.1 Å². The second-order valence-corrected chi connectivity index (χ2v) is 3.54. The Labute approximate surface area is 100 Å². The number of aliphatic hydroxyl groups is 1. The number of esters is 1. The summed E-state index contributed by atoms with van der Waals surface area (Å²) in [6.45, 7) is 1.97. The molecule has 1 amide bonds. The minimum atomic E-state index is -0.757. The molecular formula is C10H20N2O5. The predicted octanol–water partition coefficient (Wildman–Crippen LogP) is -1.74. The zero-order valence-corrected chi connectivity index (χ0v) is 10.4. The van der Waals surface area contributed by atoms with Crippen molar-refractivity contribution >= 4 is 11.9 Å². The van der Waals surface area contributed by atoms with Crippen molar-refractivity contribution in [3.8, 4) is 0 Å². The van der Waals surface area contributed by atoms with Gasteiger partial charge in [-0.3, -0.25) is 4.79 Å². The fraction of sp³-hybridized carbons (Fsp3) is 0.800. The van der Waals surface area contributed by atoms with Gasteiger partial charge in [0.05, 0.1) is 19.8 Å². The van der Waals surface area contributed by atoms with Crippen molar-refractivity contribution in [2.45, 2.75) is 19.1 Å². The Hall–Kier alpha value is -1.18. The Morgan fingerprint density at radius 3 is 2.41 bits per heavy atom. The normalized spacial score (nSPS) is 13.9. The monoisotopic (exact) mass is 248 g/mol. The molecule has 0 saturated carbocycles. The zero-order chi connectivity index (χ0) is 13.3. The molecular weight excluding hydrogens is 228 g/mol. The number of hydrogen-bond donors (Lipinski definition) is 3. The van der Waals surface area contributed by atoms with E-state index in [0.717, 1.165) is 0 Å². The molecule has 0 rings (SSSR count). The molecule has 0 aromatic rings. The summed E-state index contributed by atoms with van der Waals surface area (Å²) in [6.07, 6.45) is -0.657. The van der Waals surface area contributed by atoms with E-state index in [1.807, 2.05) is 0 Å². The molecule has 0 aromatic carbocycles. The number of aliphatic hydroxyl groups excluding tert-OH is 1. The Balaban J connectivity index is 3.99. The first kappa shape index (κ1) is 15.8. The van der Waals surface area contributed by atoms with Crippen molar-refractivity contribution in [1.29, 1.82) is 0 Å². The first-order valence-electron chi connectivity index (χ1n) is 5.23. The van der Waals surface area contributed by atoms with Gasteiger partial charge in [0.1, 0.15) is 6.04 Å². The van der Waals surface area contributed by atoms with Crippen molar-refractivity contribution in [2.24, 2.45) is 0 Å². The Morgan fingerprint density at radius 1 is 1.29 bits per heavy atom. The van der Waals surface area contributed by atoms with Crippen LogP contribution in [0.25, 0.3) is 0 Å². The molecule has 17 heavy (non-hydrogen) atoms. The maximum atomic E-state index is 11.3. The van der Waals surface area contributed by atoms with E-state index in [0.29, 0.717) is 0 Å². The van der Waals surface area contributed by atoms with Gasteiger partial charge in [0.25, 0.3) is 0 Å². The topological polar surface area (TPSA) is 96.9 Å². The van der Waals surface area contributed by atoms with E-state index in [1.54, 1.807) is 0 Å². The molecule has 0 bridgehead atoms. The van der Waals surface area contributed by atoms with E-state index in [-0.39, 0.29) is 25.6 Å². The SMILES string of the molecule is COCC(O)CNCC(NC(C)=O)C(=O)OC. The van der Waals surface area contributed by atoms with Crippen molar-refractivity contribution in [3.63, 3.8) is 0 Å². The van der Waals surface area contributed by atoms with Gasteiger partial charge < -0.3 is 25.2 Å². The molecule has 7 heteroatoms. The van der Waals surface area contributed by atoms with E-state index in [2.05, 4.69) is 15.4 Å². The molecule has 2 atom stereocenters. The second-order valence-electron chi connectivity index (χ2n) is 3.54. The van der Waals surface area contributed by atoms with Crippen molar-refractivity contribution in [2.75, 3.05) is 33.9 Å². The predicted molar refractivity (Wildman–Crippen MR) is 60.4 cm³/mol. The number of hydrogen-bond acceptors (Lipinski definition) is 6. The lowest BCUT2D eigenvalue weighted by Gasteiger charge is -2.17. The van der Waals surface area contributed by atoms with Crippen LogP contribution in [0.1, 0.15) is 6.92 Å². The first-order valence-corrected chi connectivity index (χ1v) is 5.23. The molecule has 3 N–H and O–H groups in total. The third-order valence-corrected chi connectivity index (χ3v) is 1.95. The van der Waals surface area contributed by atoms with Gasteiger partial charge in [-0.15, -0.1) is 0 Å². The molecule has 0 aliphatic rings. The standard InChI is InChI=1S/C10H20N2O5/c1-7(13)12-9(10(15)17-3)5-11-4-8(14)6-16-2/h8-9,11,14H,4-6H2,1-3H3,(H,12,13). The molecule has 100 valence electrons. The number of methoxy groups -OCH3 is 2. The van der Waals surface area contributed by atoms with Crippen LogP contribution in [0.2, 0.25) is 0 Å². The molecule has 0 aliphatic carbocycles. The third-order valence-electron chi connectivity index (χ3n) is 1.95. The number of carbonyl (C=O) groups excluding carboxylic acids is 2. The van der Waals surface area contributed by atoms with E-state index in [9.17, 15) is 14.7 Å². The van der Waals surface area contributed by atoms with Crippen LogP contribution >= 0.6 is 0 Å². The molecule has 0 radical (unpaired) electrons. The molecule has 0 heterocycles. The molecule has 2 unspecified atom stereocenters. The first-order chi connectivity index (χ1) is 8.01. The summed E-state index contributed by atoms with van der Waals surface area (Å²) >= 11 is 0. The summed E-state index contributed by atoms with van der Waals surface area (Å²) in [5.41, 5.74) is 0. The van der Waals surface area contributed by atoms with Gasteiger partial charge in [0.15, 0.2) is 0 Å². The average molecular weight is 248 g/mol. The number of nitrogens with one attached hydrogen (secondary N) is 2. The molecule has 7 nitrogen and oxygen atoms in total. The van der Waals surface area contributed by atoms with Crippen LogP contribution in [0.5, 0.6) is 0 Å². The summed E-state index contributed by atoms with van der Waals surface area (Å²) in [5.74, 6) is -0.853. The number of carbonyl (C=O) groups is 2. The fourth-order valence-electron chi connectivity index (χ4n) is 1.23. The number of rotatable bonds is 8. The highest BCUT2D eigenvalue weighted by molar-refractivity contribution is 5.83. The summed E-state index contributed by atoms with van der Waals surface area (Å²) in [4.78, 5) is 22.1. The maximum Gasteiger partial charge on any atom is 0.329 e. The van der Waals surface area contributed by atoms with Gasteiger partial charge in [0, 0.05) is 27.1 Å². The summed E-state index contributed by atoms with van der Waals surface area (Å²) in [6, 6.07) is -0.757. The highest BCUT2D eigenvalue weighted by atomic mass is 16.5. The molecule has 0 spiro atoms. The quantitative estimate of drug-likeness (QED) is 0.441. The minimum Gasteiger partial charge on any atom is -0.467 e. The van der Waals surface area contributed by atoms with Crippen LogP contribution in [-0.4, -0.2) is 63.0 Å². The Morgan fingerprint density at radius 2 is 1.94 bits per heavy atom. The average Bonchev–Trinajstić information content (AvgIpc) is 2.26. The lowest BCUT2D eigenvalue weighted by molar-refractivity contribution is -0.144. The fourth-order valence-corrected chi connectivity index (χ4v) is 1.23. The molecule has 0 aromatic heterocycles. The lowest BCUT2D eigenvalue weighted by atomic mass is 10.2. The summed E-state index contributed by atoms with van der Waals surface area (Å²) in [7, 11) is 2.73. The van der Waals surface area contributed by atoms with Crippen LogP contribution in [0, 0.1) is 0 Å². The van der Waals surface area contributed by atoms with Crippen LogP contribution in [0.3, 0.4) is 0 Å². The van der Waals surface area contributed by atoms with Crippen LogP contribution < -0.4 is 10.6 Å². The van der Waals surface area contributed by atoms with E-state index in [1.165, 1.54) is 21.1 Å². The van der Waals surface area contributed by atoms with Gasteiger partial charge in [-0.05, 0) is 0 Å². The van der Waals surface area contributed by atoms with Gasteiger partial charge >= 0.3 is 5.97 Å². The Bertz CT molecular complexity index is 247. The van der Waals surface area contributed by atoms with Gasteiger partial charge in [0.2, 0.25) is 5.91 Å². The van der Waals surface area contributed by atoms with Crippen molar-refractivity contribution in [1.82, 2.24) is 10.6 Å². The van der Waals surface area contributed by atoms with E-state index >= 15 is 0 Å². The minimum absolute atomic E-state index is 0.188. The molecule has 0 aliphatic heterocycles. The smallest absolute Gasteiger partial charge is 0.329 e. The lowest BCUT2D eigenvalue weighted by Crippen LogP contribution is -2.48. The van der Waals surface area contributed by atoms with E-state index in [4.69, 9.17) is 4.74 Å². The highest BCUT2D eigenvalue weighted by Crippen LogP contribution is 1.88. The third kappa shape index (κ3) is 7.67. The molecule has 0 fully saturated rings. The van der Waals surface area contributed by atoms with Gasteiger partial charge in [-0.2, -0.15) is 0 Å². The maximum absolute atomic E-state index is 11.3. The highest BCUT2D eigenvalue weighted by Gasteiger charge is 2.19.